The van der Waals surface area contributed by atoms with Gasteiger partial charge < -0.3 is 10.8 Å². The number of hydrogen-bond donors (Lipinski definition) is 2. The second kappa shape index (κ2) is 2.62. The van der Waals surface area contributed by atoms with Gasteiger partial charge in [-0.05, 0) is 6.07 Å². The van der Waals surface area contributed by atoms with Crippen molar-refractivity contribution in [3.8, 4) is 0 Å². The van der Waals surface area contributed by atoms with Crippen LogP contribution in [0.4, 0.5) is 5.69 Å². The third kappa shape index (κ3) is 1.32. The van der Waals surface area contributed by atoms with Gasteiger partial charge in [-0.25, -0.2) is 4.79 Å². The number of thiophene rings is 1. The Morgan fingerprint density at radius 3 is 2.60 bits per heavy atom. The van der Waals surface area contributed by atoms with Crippen LogP contribution < -0.4 is 9.47 Å². The molecule has 0 fully saturated rings. The third-order valence-electron chi connectivity index (χ3n) is 0.974. The zero-order valence-electron chi connectivity index (χ0n) is 5.00. The van der Waals surface area contributed by atoms with Gasteiger partial charge in [-0.2, -0.15) is 11.3 Å². The van der Waals surface area contributed by atoms with Gasteiger partial charge in [0.1, 0.15) is 4.88 Å². The van der Waals surface area contributed by atoms with Gasteiger partial charge in [0.15, 0.2) is 16.3 Å². The summed E-state index contributed by atoms with van der Waals surface area (Å²) in [5, 5.41) is 8.50. The Morgan fingerprint density at radius 2 is 2.40 bits per heavy atom. The van der Waals surface area contributed by atoms with Crippen LogP contribution in [0, 0.1) is 0 Å². The van der Waals surface area contributed by atoms with E-state index in [9.17, 15) is 4.79 Å². The molecule has 5 heteroatoms. The maximum Gasteiger partial charge on any atom is 0.347 e. The van der Waals surface area contributed by atoms with Gasteiger partial charge in [-0.15, -0.1) is 0 Å². The van der Waals surface area contributed by atoms with Gasteiger partial charge in [0.2, 0.25) is 0 Å². The van der Waals surface area contributed by atoms with Crippen LogP contribution in [0.15, 0.2) is 6.07 Å². The largest absolute Gasteiger partial charge is 0.477 e. The first-order valence-electron chi connectivity index (χ1n) is 2.49. The van der Waals surface area contributed by atoms with E-state index in [0.29, 0.717) is 5.69 Å². The zero-order valence-corrected chi connectivity index (χ0v) is 6.97. The van der Waals surface area contributed by atoms with Crippen molar-refractivity contribution in [2.75, 3.05) is 5.73 Å². The first-order valence-corrected chi connectivity index (χ1v) is 3.88. The number of nitrogen functional groups attached to an aromatic ring is 1. The summed E-state index contributed by atoms with van der Waals surface area (Å²) in [7, 11) is 0. The molecule has 0 aliphatic rings. The Morgan fingerprint density at radius 1 is 1.80 bits per heavy atom. The minimum Gasteiger partial charge on any atom is -0.477 e. The van der Waals surface area contributed by atoms with Crippen molar-refractivity contribution in [3.63, 3.8) is 0 Å². The Bertz CT molecular complexity index is 271. The first-order chi connectivity index (χ1) is 4.61. The number of nitrogens with two attached hydrogens (primary N) is 1. The van der Waals surface area contributed by atoms with Crippen molar-refractivity contribution in [3.05, 3.63) is 10.9 Å². The van der Waals surface area contributed by atoms with E-state index in [2.05, 4.69) is 16.3 Å². The summed E-state index contributed by atoms with van der Waals surface area (Å²) < 4.78 is 0.843. The molecule has 0 aromatic carbocycles. The molecular weight excluding hydrogens is 165 g/mol. The predicted molar refractivity (Wildman–Crippen MR) is 41.1 cm³/mol. The number of rotatable bonds is 1. The van der Waals surface area contributed by atoms with Crippen molar-refractivity contribution >= 4 is 43.0 Å². The minimum absolute atomic E-state index is 0.213. The summed E-state index contributed by atoms with van der Waals surface area (Å²) in [6.07, 6.45) is 0. The van der Waals surface area contributed by atoms with Crippen molar-refractivity contribution in [2.24, 2.45) is 0 Å². The highest BCUT2D eigenvalue weighted by molar-refractivity contribution is 7.22. The average Bonchev–Trinajstić information content (AvgIpc) is 2.10. The first kappa shape index (κ1) is 7.61. The summed E-state index contributed by atoms with van der Waals surface area (Å²) in [5.41, 5.74) is 5.69. The summed E-state index contributed by atoms with van der Waals surface area (Å²) in [6.45, 7) is 0. The zero-order chi connectivity index (χ0) is 7.72. The standard InChI is InChI=1S/C5H4NO2S.Al/c6-3-1-2-9-4(3)5(7)8;/h1H,6H2,(H,7,8);. The molecule has 1 aromatic rings. The van der Waals surface area contributed by atoms with E-state index in [-0.39, 0.29) is 4.88 Å². The van der Waals surface area contributed by atoms with Gasteiger partial charge in [0.25, 0.3) is 0 Å². The van der Waals surface area contributed by atoms with E-state index in [1.807, 2.05) is 0 Å². The fraction of sp³-hybridized carbons (Fsp3) is 0. The van der Waals surface area contributed by atoms with Crippen LogP contribution in [0.2, 0.25) is 0 Å². The van der Waals surface area contributed by atoms with Gasteiger partial charge in [-0.1, -0.05) is 3.74 Å². The molecule has 50 valence electrons. The van der Waals surface area contributed by atoms with E-state index in [0.717, 1.165) is 15.1 Å². The highest BCUT2D eigenvalue weighted by atomic mass is 32.1. The van der Waals surface area contributed by atoms with Gasteiger partial charge >= 0.3 is 5.97 Å². The Balaban J connectivity index is 3.15. The molecule has 0 amide bonds. The molecule has 1 aromatic heterocycles. The van der Waals surface area contributed by atoms with Crippen molar-refractivity contribution in [1.29, 1.82) is 0 Å². The molecular formula is C5H4AlNO2S. The smallest absolute Gasteiger partial charge is 0.347 e. The predicted octanol–water partition coefficient (Wildman–Crippen LogP) is -0.178. The van der Waals surface area contributed by atoms with E-state index in [1.54, 1.807) is 6.07 Å². The molecule has 3 nitrogen and oxygen atoms in total. The molecule has 0 aliphatic carbocycles. The van der Waals surface area contributed by atoms with E-state index in [1.165, 1.54) is 0 Å². The highest BCUT2D eigenvalue weighted by Crippen LogP contribution is 2.15. The van der Waals surface area contributed by atoms with Crippen molar-refractivity contribution in [1.82, 2.24) is 0 Å². The summed E-state index contributed by atoms with van der Waals surface area (Å²) in [6, 6.07) is 1.62. The number of aromatic carboxylic acids is 1. The maximum atomic E-state index is 10.4. The molecule has 0 saturated heterocycles. The van der Waals surface area contributed by atoms with Crippen LogP contribution in [0.1, 0.15) is 9.67 Å². The van der Waals surface area contributed by atoms with Crippen molar-refractivity contribution < 1.29 is 9.90 Å². The molecule has 0 unspecified atom stereocenters. The molecule has 0 saturated carbocycles. The Kier molecular flexibility index (Phi) is 2.00. The lowest BCUT2D eigenvalue weighted by Crippen LogP contribution is -1.96. The summed E-state index contributed by atoms with van der Waals surface area (Å²) >= 11 is 3.57. The van der Waals surface area contributed by atoms with Gasteiger partial charge in [-0.3, -0.25) is 0 Å². The Hall–Kier alpha value is -0.498. The number of hydrogen-bond acceptors (Lipinski definition) is 3. The molecule has 1 rings (SSSR count). The fourth-order valence-corrected chi connectivity index (χ4v) is 1.81. The van der Waals surface area contributed by atoms with E-state index in [4.69, 9.17) is 10.8 Å². The average molecular weight is 169 g/mol. The molecule has 1 heterocycles. The molecule has 0 atom stereocenters. The number of carboxylic acids is 1. The van der Waals surface area contributed by atoms with E-state index >= 15 is 0 Å². The molecule has 3 N–H and O–H groups in total. The van der Waals surface area contributed by atoms with Crippen molar-refractivity contribution in [2.45, 2.75) is 0 Å². The van der Waals surface area contributed by atoms with Gasteiger partial charge in [0, 0.05) is 0 Å². The third-order valence-corrected chi connectivity index (χ3v) is 2.46. The van der Waals surface area contributed by atoms with Crippen LogP contribution in [-0.4, -0.2) is 27.4 Å². The van der Waals surface area contributed by atoms with Crippen LogP contribution in [0.3, 0.4) is 0 Å². The van der Waals surface area contributed by atoms with Crippen LogP contribution in [0.5, 0.6) is 0 Å². The second-order valence-corrected chi connectivity index (χ2v) is 3.86. The molecule has 0 bridgehead atoms. The summed E-state index contributed by atoms with van der Waals surface area (Å²) in [4.78, 5) is 10.6. The minimum atomic E-state index is -0.962. The van der Waals surface area contributed by atoms with Crippen LogP contribution in [-0.2, 0) is 0 Å². The lowest BCUT2D eigenvalue weighted by molar-refractivity contribution is 0.0703. The highest BCUT2D eigenvalue weighted by Gasteiger charge is 2.09. The SMILES string of the molecule is Nc1c[c]([Al])sc1C(=O)O. The van der Waals surface area contributed by atoms with Crippen LogP contribution >= 0.6 is 11.3 Å². The quantitative estimate of drug-likeness (QED) is 0.573. The molecule has 0 spiro atoms. The Labute approximate surface area is 69.9 Å². The van der Waals surface area contributed by atoms with Gasteiger partial charge in [0.05, 0.1) is 5.69 Å². The monoisotopic (exact) mass is 169 g/mol. The number of anilines is 1. The molecule has 10 heavy (non-hydrogen) atoms. The summed E-state index contributed by atoms with van der Waals surface area (Å²) in [5.74, 6) is -0.962. The molecule has 0 aliphatic heterocycles. The van der Waals surface area contributed by atoms with Crippen LogP contribution in [0.25, 0.3) is 0 Å². The maximum absolute atomic E-state index is 10.4. The topological polar surface area (TPSA) is 63.3 Å². The lowest BCUT2D eigenvalue weighted by atomic mass is 10.4. The number of carbonyl (C=O) groups is 1. The lowest BCUT2D eigenvalue weighted by Gasteiger charge is -1.87. The normalized spacial score (nSPS) is 9.60. The number of carboxylic acid groups (broad SMARTS) is 1. The fourth-order valence-electron chi connectivity index (χ4n) is 0.592. The van der Waals surface area contributed by atoms with E-state index < -0.39 is 5.97 Å². The molecule has 2 radical (unpaired) electrons. The second-order valence-electron chi connectivity index (χ2n) is 1.74.